The number of methoxy groups -OCH3 is 4. The summed E-state index contributed by atoms with van der Waals surface area (Å²) >= 11 is 0. The molecule has 0 saturated carbocycles. The monoisotopic (exact) mass is 494 g/mol. The van der Waals surface area contributed by atoms with Crippen molar-refractivity contribution < 1.29 is 54.0 Å². The lowest BCUT2D eigenvalue weighted by Crippen LogP contribution is -2.60. The van der Waals surface area contributed by atoms with Gasteiger partial charge in [0, 0.05) is 5.56 Å². The number of hydrogen-bond donors (Lipinski definition) is 5. The summed E-state index contributed by atoms with van der Waals surface area (Å²) in [5, 5.41) is 50.6. The highest BCUT2D eigenvalue weighted by Gasteiger charge is 2.45. The molecular weight excluding hydrogens is 464 g/mol. The molecule has 1 aliphatic heterocycles. The van der Waals surface area contributed by atoms with Gasteiger partial charge < -0.3 is 54.0 Å². The Kier molecular flexibility index (Phi) is 8.65. The van der Waals surface area contributed by atoms with Crippen molar-refractivity contribution in [3.63, 3.8) is 0 Å². The minimum absolute atomic E-state index is 0.0922. The van der Waals surface area contributed by atoms with Crippen LogP contribution >= 0.6 is 0 Å². The number of benzene rings is 2. The quantitative estimate of drug-likeness (QED) is 0.314. The van der Waals surface area contributed by atoms with Gasteiger partial charge in [0.2, 0.25) is 17.8 Å². The Bertz CT molecular complexity index is 1010. The number of aliphatic hydroxyl groups is 4. The third-order valence-electron chi connectivity index (χ3n) is 5.57. The second-order valence-electron chi connectivity index (χ2n) is 7.64. The van der Waals surface area contributed by atoms with Crippen LogP contribution in [0.5, 0.6) is 34.5 Å². The van der Waals surface area contributed by atoms with Crippen molar-refractivity contribution in [2.24, 2.45) is 0 Å². The summed E-state index contributed by atoms with van der Waals surface area (Å²) in [5.41, 5.74) is 1.04. The number of aromatic hydroxyl groups is 1. The summed E-state index contributed by atoms with van der Waals surface area (Å²) in [4.78, 5) is 0. The number of rotatable bonds is 9. The molecule has 0 aromatic heterocycles. The van der Waals surface area contributed by atoms with Crippen molar-refractivity contribution in [3.05, 3.63) is 35.4 Å². The van der Waals surface area contributed by atoms with Crippen molar-refractivity contribution in [1.29, 1.82) is 0 Å². The summed E-state index contributed by atoms with van der Waals surface area (Å²) in [5.74, 6) is 0.924. The van der Waals surface area contributed by atoms with E-state index in [1.165, 1.54) is 34.5 Å². The molecule has 1 saturated heterocycles. The molecule has 192 valence electrons. The topological polar surface area (TPSA) is 157 Å². The molecule has 5 N–H and O–H groups in total. The SMILES string of the molecule is COc1ccc(C=Cc2cc(OC)c(OC)c(OC)c2)c(O[C@@H]2O[C@H](CO)[C@@H](O)[C@H](O)[C@H]2O)c1O. The van der Waals surface area contributed by atoms with Gasteiger partial charge in [-0.3, -0.25) is 0 Å². The van der Waals surface area contributed by atoms with Crippen LogP contribution in [-0.4, -0.2) is 91.3 Å². The van der Waals surface area contributed by atoms with Crippen LogP contribution in [0.15, 0.2) is 24.3 Å². The predicted octanol–water partition coefficient (Wildman–Crippen LogP) is 0.776. The van der Waals surface area contributed by atoms with Gasteiger partial charge in [0.25, 0.3) is 0 Å². The third kappa shape index (κ3) is 5.39. The van der Waals surface area contributed by atoms with E-state index in [1.807, 2.05) is 0 Å². The Balaban J connectivity index is 1.99. The molecule has 0 radical (unpaired) electrons. The maximum Gasteiger partial charge on any atom is 0.229 e. The molecule has 35 heavy (non-hydrogen) atoms. The maximum atomic E-state index is 10.7. The molecule has 0 unspecified atom stereocenters. The van der Waals surface area contributed by atoms with Crippen LogP contribution < -0.4 is 23.7 Å². The Hall–Kier alpha value is -3.22. The maximum absolute atomic E-state index is 10.7. The molecule has 3 rings (SSSR count). The Labute approximate surface area is 202 Å². The largest absolute Gasteiger partial charge is 0.502 e. The number of aliphatic hydroxyl groups excluding tert-OH is 4. The Morgan fingerprint density at radius 3 is 1.97 bits per heavy atom. The molecule has 0 amide bonds. The molecule has 1 aliphatic rings. The molecular formula is C24H30O11. The van der Waals surface area contributed by atoms with Crippen LogP contribution in [0.4, 0.5) is 0 Å². The number of phenols is 1. The Morgan fingerprint density at radius 1 is 0.800 bits per heavy atom. The van der Waals surface area contributed by atoms with Crippen LogP contribution in [0, 0.1) is 0 Å². The van der Waals surface area contributed by atoms with Crippen LogP contribution in [0.1, 0.15) is 11.1 Å². The fraction of sp³-hybridized carbons (Fsp3) is 0.417. The normalized spacial score (nSPS) is 24.3. The summed E-state index contributed by atoms with van der Waals surface area (Å²) < 4.78 is 32.4. The van der Waals surface area contributed by atoms with Crippen molar-refractivity contribution in [3.8, 4) is 34.5 Å². The van der Waals surface area contributed by atoms with E-state index in [9.17, 15) is 25.5 Å². The van der Waals surface area contributed by atoms with Crippen LogP contribution in [0.25, 0.3) is 12.2 Å². The minimum atomic E-state index is -1.66. The third-order valence-corrected chi connectivity index (χ3v) is 5.57. The van der Waals surface area contributed by atoms with Crippen LogP contribution in [-0.2, 0) is 4.74 Å². The van der Waals surface area contributed by atoms with Crippen molar-refractivity contribution in [2.45, 2.75) is 30.7 Å². The van der Waals surface area contributed by atoms with Gasteiger partial charge in [-0.15, -0.1) is 0 Å². The van der Waals surface area contributed by atoms with Gasteiger partial charge in [-0.05, 0) is 29.8 Å². The fourth-order valence-electron chi connectivity index (χ4n) is 3.65. The molecule has 2 aromatic carbocycles. The lowest BCUT2D eigenvalue weighted by Gasteiger charge is -2.39. The highest BCUT2D eigenvalue weighted by atomic mass is 16.7. The van der Waals surface area contributed by atoms with Gasteiger partial charge in [0.05, 0.1) is 35.0 Å². The zero-order chi connectivity index (χ0) is 25.7. The standard InChI is InChI=1S/C24H30O11/c1-30-14-8-7-13(6-5-12-9-15(31-2)23(33-4)16(10-12)32-3)22(19(14)27)35-24-21(29)20(28)18(26)17(11-25)34-24/h5-10,17-18,20-21,24-29H,11H2,1-4H3/t17-,18-,20+,21-,24+/m1/s1. The zero-order valence-corrected chi connectivity index (χ0v) is 19.7. The Morgan fingerprint density at radius 2 is 1.43 bits per heavy atom. The summed E-state index contributed by atoms with van der Waals surface area (Å²) in [7, 11) is 5.86. The molecule has 5 atom stereocenters. The second-order valence-corrected chi connectivity index (χ2v) is 7.64. The highest BCUT2D eigenvalue weighted by Crippen LogP contribution is 2.42. The molecule has 0 spiro atoms. The summed E-state index contributed by atoms with van der Waals surface area (Å²) in [6.45, 7) is -0.622. The van der Waals surface area contributed by atoms with Gasteiger partial charge in [0.1, 0.15) is 24.4 Å². The van der Waals surface area contributed by atoms with E-state index in [1.54, 1.807) is 30.4 Å². The van der Waals surface area contributed by atoms with E-state index >= 15 is 0 Å². The first kappa shape index (κ1) is 26.4. The van der Waals surface area contributed by atoms with Gasteiger partial charge in [-0.25, -0.2) is 0 Å². The van der Waals surface area contributed by atoms with Gasteiger partial charge in [-0.2, -0.15) is 0 Å². The van der Waals surface area contributed by atoms with Crippen LogP contribution in [0.3, 0.4) is 0 Å². The average molecular weight is 494 g/mol. The van der Waals surface area contributed by atoms with E-state index < -0.39 is 37.3 Å². The second kappa shape index (κ2) is 11.5. The molecule has 11 nitrogen and oxygen atoms in total. The molecule has 11 heteroatoms. The van der Waals surface area contributed by atoms with E-state index in [2.05, 4.69) is 0 Å². The molecule has 1 heterocycles. The van der Waals surface area contributed by atoms with E-state index in [-0.39, 0.29) is 17.2 Å². The molecule has 0 bridgehead atoms. The summed E-state index contributed by atoms with van der Waals surface area (Å²) in [6, 6.07) is 6.56. The number of phenolic OH excluding ortho intramolecular Hbond substituents is 1. The minimum Gasteiger partial charge on any atom is -0.502 e. The molecule has 2 aromatic rings. The van der Waals surface area contributed by atoms with Crippen molar-refractivity contribution >= 4 is 12.2 Å². The van der Waals surface area contributed by atoms with E-state index in [0.717, 1.165) is 0 Å². The van der Waals surface area contributed by atoms with Gasteiger partial charge in [0.15, 0.2) is 23.0 Å². The fourth-order valence-corrected chi connectivity index (χ4v) is 3.65. The summed E-state index contributed by atoms with van der Waals surface area (Å²) in [6.07, 6.45) is -4.21. The lowest BCUT2D eigenvalue weighted by molar-refractivity contribution is -0.277. The number of ether oxygens (including phenoxy) is 6. The molecule has 0 aliphatic carbocycles. The zero-order valence-electron chi connectivity index (χ0n) is 19.7. The highest BCUT2D eigenvalue weighted by molar-refractivity contribution is 5.77. The lowest BCUT2D eigenvalue weighted by atomic mass is 9.99. The van der Waals surface area contributed by atoms with Crippen molar-refractivity contribution in [1.82, 2.24) is 0 Å². The first-order chi connectivity index (χ1) is 16.8. The van der Waals surface area contributed by atoms with Crippen LogP contribution in [0.2, 0.25) is 0 Å². The van der Waals surface area contributed by atoms with Gasteiger partial charge >= 0.3 is 0 Å². The van der Waals surface area contributed by atoms with E-state index in [4.69, 9.17) is 28.4 Å². The number of hydrogen-bond acceptors (Lipinski definition) is 11. The predicted molar refractivity (Wildman–Crippen MR) is 124 cm³/mol. The van der Waals surface area contributed by atoms with Gasteiger partial charge in [-0.1, -0.05) is 12.2 Å². The first-order valence-electron chi connectivity index (χ1n) is 10.6. The first-order valence-corrected chi connectivity index (χ1v) is 10.6. The van der Waals surface area contributed by atoms with E-state index in [0.29, 0.717) is 28.4 Å². The average Bonchev–Trinajstić information content (AvgIpc) is 2.88. The smallest absolute Gasteiger partial charge is 0.229 e. The van der Waals surface area contributed by atoms with Crippen molar-refractivity contribution in [2.75, 3.05) is 35.0 Å². The molecule has 1 fully saturated rings.